The molecular formula is C24H32N6O4. The van der Waals surface area contributed by atoms with Crippen LogP contribution in [0.2, 0.25) is 0 Å². The third-order valence-corrected chi connectivity index (χ3v) is 6.10. The molecular weight excluding hydrogens is 436 g/mol. The summed E-state index contributed by atoms with van der Waals surface area (Å²) in [6.45, 7) is 5.27. The summed E-state index contributed by atoms with van der Waals surface area (Å²) in [4.78, 5) is 45.9. The summed E-state index contributed by atoms with van der Waals surface area (Å²) in [6, 6.07) is 3.79. The fourth-order valence-corrected chi connectivity index (χ4v) is 4.26. The van der Waals surface area contributed by atoms with Crippen molar-refractivity contribution in [1.29, 1.82) is 0 Å². The lowest BCUT2D eigenvalue weighted by Gasteiger charge is -2.42. The summed E-state index contributed by atoms with van der Waals surface area (Å²) in [6.07, 6.45) is 7.89. The van der Waals surface area contributed by atoms with E-state index in [4.69, 9.17) is 0 Å². The molecule has 3 heterocycles. The quantitative estimate of drug-likeness (QED) is 0.383. The Morgan fingerprint density at radius 2 is 2.15 bits per heavy atom. The zero-order valence-electron chi connectivity index (χ0n) is 19.8. The normalized spacial score (nSPS) is 22.5. The molecule has 2 aliphatic heterocycles. The molecule has 1 aliphatic carbocycles. The molecule has 1 aromatic rings. The van der Waals surface area contributed by atoms with E-state index in [1.165, 1.54) is 11.1 Å². The van der Waals surface area contributed by atoms with Gasteiger partial charge in [-0.1, -0.05) is 26.0 Å². The summed E-state index contributed by atoms with van der Waals surface area (Å²) < 4.78 is 0. The molecule has 2 atom stereocenters. The van der Waals surface area contributed by atoms with E-state index in [-0.39, 0.29) is 35.2 Å². The van der Waals surface area contributed by atoms with Gasteiger partial charge in [-0.3, -0.25) is 19.4 Å². The van der Waals surface area contributed by atoms with Crippen LogP contribution >= 0.6 is 0 Å². The van der Waals surface area contributed by atoms with Crippen molar-refractivity contribution in [1.82, 2.24) is 30.5 Å². The minimum atomic E-state index is -0.559. The van der Waals surface area contributed by atoms with Crippen LogP contribution in [0.5, 0.6) is 0 Å². The zero-order valence-corrected chi connectivity index (χ0v) is 19.8. The molecule has 10 heteroatoms. The molecule has 2 unspecified atom stereocenters. The fraction of sp³-hybridized carbons (Fsp3) is 0.500. The molecule has 0 aromatic carbocycles. The number of amides is 3. The first-order valence-electron chi connectivity index (χ1n) is 11.7. The number of hydrazine groups is 1. The first-order chi connectivity index (χ1) is 16.3. The Morgan fingerprint density at radius 3 is 2.79 bits per heavy atom. The molecule has 3 N–H and O–H groups in total. The largest absolute Gasteiger partial charge is 0.494 e. The number of carbonyl (C=O) groups excluding carboxylic acids is 3. The Morgan fingerprint density at radius 1 is 1.38 bits per heavy atom. The van der Waals surface area contributed by atoms with Crippen LogP contribution in [0.15, 0.2) is 48.1 Å². The Kier molecular flexibility index (Phi) is 6.87. The van der Waals surface area contributed by atoms with Crippen molar-refractivity contribution in [3.8, 4) is 0 Å². The molecule has 0 radical (unpaired) electrons. The van der Waals surface area contributed by atoms with Crippen molar-refractivity contribution in [2.45, 2.75) is 45.4 Å². The minimum Gasteiger partial charge on any atom is -0.494 e. The van der Waals surface area contributed by atoms with E-state index in [9.17, 15) is 19.5 Å². The smallest absolute Gasteiger partial charge is 0.280 e. The summed E-state index contributed by atoms with van der Waals surface area (Å²) >= 11 is 0. The maximum absolute atomic E-state index is 13.1. The van der Waals surface area contributed by atoms with Crippen LogP contribution in [-0.4, -0.2) is 75.0 Å². The second kappa shape index (κ2) is 9.84. The first-order valence-corrected chi connectivity index (χ1v) is 11.7. The Labute approximate surface area is 199 Å². The van der Waals surface area contributed by atoms with Gasteiger partial charge in [0.1, 0.15) is 6.17 Å². The predicted molar refractivity (Wildman–Crippen MR) is 124 cm³/mol. The van der Waals surface area contributed by atoms with Gasteiger partial charge in [-0.05, 0) is 36.5 Å². The molecule has 1 saturated heterocycles. The predicted octanol–water partition coefficient (Wildman–Crippen LogP) is 0.905. The van der Waals surface area contributed by atoms with Crippen molar-refractivity contribution in [3.05, 3.63) is 53.7 Å². The Bertz CT molecular complexity index is 1000. The van der Waals surface area contributed by atoms with E-state index in [0.29, 0.717) is 19.6 Å². The highest BCUT2D eigenvalue weighted by Crippen LogP contribution is 2.32. The topological polar surface area (TPSA) is 118 Å². The minimum absolute atomic E-state index is 0.0637. The number of likely N-dealkylation sites (N-methyl/N-ethyl adjacent to an activating group) is 1. The maximum Gasteiger partial charge on any atom is 0.280 e. The first kappa shape index (κ1) is 23.7. The molecule has 0 spiro atoms. The van der Waals surface area contributed by atoms with Crippen molar-refractivity contribution >= 4 is 17.7 Å². The lowest BCUT2D eigenvalue weighted by Crippen LogP contribution is -2.59. The van der Waals surface area contributed by atoms with Crippen molar-refractivity contribution in [2.75, 3.05) is 20.1 Å². The van der Waals surface area contributed by atoms with Crippen LogP contribution in [0.4, 0.5) is 0 Å². The van der Waals surface area contributed by atoms with Gasteiger partial charge in [0, 0.05) is 51.0 Å². The standard InChI is InChI=1S/C24H32N6O4/c1-15(2)13-29-22-17(6-9-19(31)28(3)14-16-5-4-10-25-11-16)12-26-30(22)24(34)20(23(29)33)21(32)27-18-7-8-18/h4-6,9-11,15,17-18,22,26,33H,7-8,12-14H2,1-3H3,(H,27,32)/b9-6+. The molecule has 3 aliphatic rings. The average Bonchev–Trinajstić information content (AvgIpc) is 3.50. The van der Waals surface area contributed by atoms with E-state index in [0.717, 1.165) is 18.4 Å². The number of nitrogens with one attached hydrogen (secondary N) is 2. The molecule has 3 amide bonds. The molecule has 2 fully saturated rings. The summed E-state index contributed by atoms with van der Waals surface area (Å²) in [5.74, 6) is -1.68. The third-order valence-electron chi connectivity index (χ3n) is 6.10. The molecule has 4 rings (SSSR count). The highest BCUT2D eigenvalue weighted by Gasteiger charge is 2.49. The zero-order chi connectivity index (χ0) is 24.4. The molecule has 1 saturated carbocycles. The molecule has 0 bridgehead atoms. The van der Waals surface area contributed by atoms with Crippen molar-refractivity contribution < 1.29 is 19.5 Å². The number of pyridine rings is 1. The van der Waals surface area contributed by atoms with Crippen molar-refractivity contribution in [3.63, 3.8) is 0 Å². The van der Waals surface area contributed by atoms with Crippen LogP contribution in [-0.2, 0) is 20.9 Å². The van der Waals surface area contributed by atoms with Gasteiger partial charge < -0.3 is 20.2 Å². The number of hydrogen-bond acceptors (Lipinski definition) is 7. The van der Waals surface area contributed by atoms with Crippen LogP contribution < -0.4 is 10.7 Å². The number of nitrogens with zero attached hydrogens (tertiary/aromatic N) is 4. The van der Waals surface area contributed by atoms with Gasteiger partial charge in [-0.25, -0.2) is 10.4 Å². The molecule has 182 valence electrons. The van der Waals surface area contributed by atoms with Crippen LogP contribution in [0.25, 0.3) is 0 Å². The maximum atomic E-state index is 13.1. The monoisotopic (exact) mass is 468 g/mol. The van der Waals surface area contributed by atoms with Gasteiger partial charge in [0.25, 0.3) is 11.8 Å². The van der Waals surface area contributed by atoms with Gasteiger partial charge in [0.15, 0.2) is 5.57 Å². The Hall–Kier alpha value is -3.40. The highest BCUT2D eigenvalue weighted by molar-refractivity contribution is 6.19. The van der Waals surface area contributed by atoms with Gasteiger partial charge in [-0.2, -0.15) is 0 Å². The number of fused-ring (bicyclic) bond motifs is 1. The number of aliphatic hydroxyl groups excluding tert-OH is 1. The number of hydrogen-bond donors (Lipinski definition) is 3. The SMILES string of the molecule is CC(C)CN1C(O)=C(C(=O)NC2CC2)C(=O)N2NCC(/C=C/C(=O)N(C)Cc3cccnc3)C12. The lowest BCUT2D eigenvalue weighted by atomic mass is 10.0. The van der Waals surface area contributed by atoms with Gasteiger partial charge >= 0.3 is 0 Å². The van der Waals surface area contributed by atoms with Crippen LogP contribution in [0.1, 0.15) is 32.3 Å². The summed E-state index contributed by atoms with van der Waals surface area (Å²) in [7, 11) is 1.72. The van der Waals surface area contributed by atoms with E-state index in [1.54, 1.807) is 35.3 Å². The molecule has 1 aromatic heterocycles. The average molecular weight is 469 g/mol. The van der Waals surface area contributed by atoms with E-state index >= 15 is 0 Å². The molecule has 34 heavy (non-hydrogen) atoms. The van der Waals surface area contributed by atoms with Gasteiger partial charge in [0.05, 0.1) is 0 Å². The van der Waals surface area contributed by atoms with E-state index in [1.807, 2.05) is 26.0 Å². The number of carbonyl (C=O) groups is 3. The summed E-state index contributed by atoms with van der Waals surface area (Å²) in [5, 5.41) is 15.2. The van der Waals surface area contributed by atoms with Crippen molar-refractivity contribution in [2.24, 2.45) is 11.8 Å². The summed E-state index contributed by atoms with van der Waals surface area (Å²) in [5.41, 5.74) is 3.74. The molecule has 10 nitrogen and oxygen atoms in total. The van der Waals surface area contributed by atoms with E-state index in [2.05, 4.69) is 15.7 Å². The lowest BCUT2D eigenvalue weighted by molar-refractivity contribution is -0.142. The number of aromatic nitrogens is 1. The second-order valence-corrected chi connectivity index (χ2v) is 9.52. The van der Waals surface area contributed by atoms with E-state index < -0.39 is 18.0 Å². The third kappa shape index (κ3) is 5.06. The number of rotatable bonds is 8. The number of aliphatic hydroxyl groups is 1. The van der Waals surface area contributed by atoms with Crippen LogP contribution in [0.3, 0.4) is 0 Å². The second-order valence-electron chi connectivity index (χ2n) is 9.52. The fourth-order valence-electron chi connectivity index (χ4n) is 4.26. The van der Waals surface area contributed by atoms with Crippen LogP contribution in [0, 0.1) is 11.8 Å². The van der Waals surface area contributed by atoms with Gasteiger partial charge in [-0.15, -0.1) is 0 Å². The highest BCUT2D eigenvalue weighted by atomic mass is 16.3. The van der Waals surface area contributed by atoms with Gasteiger partial charge in [0.2, 0.25) is 11.8 Å². The Balaban J connectivity index is 1.52.